The van der Waals surface area contributed by atoms with E-state index in [1.807, 2.05) is 19.3 Å². The molecule has 2 unspecified atom stereocenters. The van der Waals surface area contributed by atoms with Gasteiger partial charge in [-0.15, -0.1) is 0 Å². The Morgan fingerprint density at radius 3 is 2.81 bits per heavy atom. The Kier molecular flexibility index (Phi) is 5.23. The zero-order valence-electron chi connectivity index (χ0n) is 15.7. The van der Waals surface area contributed by atoms with Crippen LogP contribution in [-0.4, -0.2) is 27.5 Å². The van der Waals surface area contributed by atoms with Crippen molar-refractivity contribution in [2.24, 2.45) is 0 Å². The molecule has 2 N–H and O–H groups in total. The third kappa shape index (κ3) is 3.26. The molecule has 2 heterocycles. The monoisotopic (exact) mass is 378 g/mol. The number of likely N-dealkylation sites (N-methyl/N-ethyl adjacent to an activating group) is 1. The summed E-state index contributed by atoms with van der Waals surface area (Å²) in [4.78, 5) is 5.56. The molecule has 0 spiro atoms. The lowest BCUT2D eigenvalue weighted by molar-refractivity contribution is 0.269. The zero-order valence-corrected chi connectivity index (χ0v) is 16.5. The van der Waals surface area contributed by atoms with Crippen LogP contribution in [0.25, 0.3) is 5.65 Å². The summed E-state index contributed by atoms with van der Waals surface area (Å²) >= 11 is 5.91. The topological polar surface area (TPSA) is 41.4 Å². The van der Waals surface area contributed by atoms with E-state index in [1.165, 1.54) is 24.1 Å². The molecule has 140 valence electrons. The third-order valence-electron chi connectivity index (χ3n) is 5.81. The largest absolute Gasteiger partial charge is 0.382 e. The number of hydrogen-bond donors (Lipinski definition) is 2. The van der Waals surface area contributed by atoms with E-state index in [1.54, 1.807) is 0 Å². The summed E-state index contributed by atoms with van der Waals surface area (Å²) in [6.07, 6.45) is 8.64. The van der Waals surface area contributed by atoms with Gasteiger partial charge in [0.05, 0.1) is 22.3 Å². The summed E-state index contributed by atoms with van der Waals surface area (Å²) in [7, 11) is 1.94. The first-order chi connectivity index (χ1) is 13.3. The Labute approximate surface area is 166 Å². The average molecular weight is 379 g/mol. The van der Waals surface area contributed by atoms with Gasteiger partial charge in [0, 0.05) is 25.8 Å². The summed E-state index contributed by atoms with van der Waals surface area (Å²) < 4.78 is 2.20. The van der Waals surface area contributed by atoms with Crippen LogP contribution in [-0.2, 0) is 12.0 Å². The van der Waals surface area contributed by atoms with Crippen molar-refractivity contribution < 1.29 is 0 Å². The molecule has 2 aromatic heterocycles. The number of fused-ring (bicyclic) bond motifs is 1. The summed E-state index contributed by atoms with van der Waals surface area (Å²) in [5.74, 6) is 0. The summed E-state index contributed by atoms with van der Waals surface area (Å²) in [6, 6.07) is 17.0. The van der Waals surface area contributed by atoms with Gasteiger partial charge in [0.15, 0.2) is 0 Å². The van der Waals surface area contributed by atoms with Gasteiger partial charge in [0.25, 0.3) is 0 Å². The van der Waals surface area contributed by atoms with E-state index in [9.17, 15) is 0 Å². The maximum Gasteiger partial charge on any atom is 0.136 e. The van der Waals surface area contributed by atoms with Gasteiger partial charge in [-0.25, -0.2) is 4.98 Å². The first-order valence-electron chi connectivity index (χ1n) is 9.68. The van der Waals surface area contributed by atoms with Crippen LogP contribution < -0.4 is 10.6 Å². The fraction of sp³-hybridized carbons (Fsp3) is 0.364. The molecule has 4 nitrogen and oxygen atoms in total. The predicted octanol–water partition coefficient (Wildman–Crippen LogP) is 3.85. The van der Waals surface area contributed by atoms with Crippen molar-refractivity contribution >= 4 is 22.9 Å². The molecule has 3 aromatic rings. The Morgan fingerprint density at radius 2 is 2.00 bits per heavy atom. The third-order valence-corrected chi connectivity index (χ3v) is 6.38. The molecule has 2 atom stereocenters. The second-order valence-electron chi connectivity index (χ2n) is 7.29. The molecule has 0 saturated heterocycles. The molecule has 0 aliphatic heterocycles. The van der Waals surface area contributed by atoms with E-state index < -0.39 is 0 Å². The highest BCUT2D eigenvalue weighted by Gasteiger charge is 2.47. The van der Waals surface area contributed by atoms with E-state index in [-0.39, 0.29) is 11.5 Å². The molecular formula is C22H26N4S. The van der Waals surface area contributed by atoms with Gasteiger partial charge in [-0.2, -0.15) is 0 Å². The summed E-state index contributed by atoms with van der Waals surface area (Å²) in [5, 5.41) is 7.14. The number of rotatable bonds is 5. The fourth-order valence-electron chi connectivity index (χ4n) is 4.47. The number of imidazole rings is 1. The van der Waals surface area contributed by atoms with Crippen LogP contribution in [0.2, 0.25) is 0 Å². The predicted molar refractivity (Wildman–Crippen MR) is 114 cm³/mol. The van der Waals surface area contributed by atoms with Crippen molar-refractivity contribution in [1.29, 1.82) is 0 Å². The van der Waals surface area contributed by atoms with Crippen molar-refractivity contribution in [2.75, 3.05) is 7.05 Å². The maximum absolute atomic E-state index is 5.91. The number of benzene rings is 1. The molecule has 4 rings (SSSR count). The van der Waals surface area contributed by atoms with E-state index in [0.717, 1.165) is 30.0 Å². The van der Waals surface area contributed by atoms with Gasteiger partial charge < -0.3 is 15.0 Å². The molecule has 27 heavy (non-hydrogen) atoms. The normalized spacial score (nSPS) is 22.6. The first kappa shape index (κ1) is 18.1. The SMILES string of the molecule is CNC(=S)C1(c2cnc3ccccn23)CCCCC1NCc1ccccc1. The smallest absolute Gasteiger partial charge is 0.136 e. The minimum atomic E-state index is -0.252. The van der Waals surface area contributed by atoms with E-state index in [4.69, 9.17) is 12.2 Å². The van der Waals surface area contributed by atoms with Crippen LogP contribution in [0.4, 0.5) is 0 Å². The molecule has 1 saturated carbocycles. The van der Waals surface area contributed by atoms with Gasteiger partial charge in [-0.05, 0) is 30.5 Å². The highest BCUT2D eigenvalue weighted by molar-refractivity contribution is 7.80. The van der Waals surface area contributed by atoms with Crippen LogP contribution in [0, 0.1) is 0 Å². The number of nitrogens with zero attached hydrogens (tertiary/aromatic N) is 2. The van der Waals surface area contributed by atoms with E-state index in [2.05, 4.69) is 68.7 Å². The summed E-state index contributed by atoms with van der Waals surface area (Å²) in [6.45, 7) is 0.844. The number of aromatic nitrogens is 2. The highest BCUT2D eigenvalue weighted by atomic mass is 32.1. The van der Waals surface area contributed by atoms with Crippen molar-refractivity contribution in [1.82, 2.24) is 20.0 Å². The van der Waals surface area contributed by atoms with Crippen LogP contribution in [0.15, 0.2) is 60.9 Å². The van der Waals surface area contributed by atoms with Crippen LogP contribution in [0.1, 0.15) is 36.9 Å². The van der Waals surface area contributed by atoms with Crippen LogP contribution in [0.3, 0.4) is 0 Å². The minimum Gasteiger partial charge on any atom is -0.382 e. The summed E-state index contributed by atoms with van der Waals surface area (Å²) in [5.41, 5.74) is 3.20. The molecule has 0 amide bonds. The number of thiocarbonyl (C=S) groups is 1. The van der Waals surface area contributed by atoms with Gasteiger partial charge in [0.2, 0.25) is 0 Å². The Balaban J connectivity index is 1.74. The number of nitrogens with one attached hydrogen (secondary N) is 2. The average Bonchev–Trinajstić information content (AvgIpc) is 3.17. The van der Waals surface area contributed by atoms with Crippen molar-refractivity contribution in [3.8, 4) is 0 Å². The van der Waals surface area contributed by atoms with Gasteiger partial charge in [0.1, 0.15) is 5.65 Å². The quantitative estimate of drug-likeness (QED) is 0.662. The maximum atomic E-state index is 5.91. The van der Waals surface area contributed by atoms with Gasteiger partial charge in [-0.1, -0.05) is 61.5 Å². The van der Waals surface area contributed by atoms with Crippen molar-refractivity contribution in [2.45, 2.75) is 43.7 Å². The van der Waals surface area contributed by atoms with Crippen LogP contribution >= 0.6 is 12.2 Å². The molecule has 1 aliphatic rings. The van der Waals surface area contributed by atoms with Crippen molar-refractivity contribution in [3.63, 3.8) is 0 Å². The molecule has 1 fully saturated rings. The molecule has 0 radical (unpaired) electrons. The number of hydrogen-bond acceptors (Lipinski definition) is 3. The van der Waals surface area contributed by atoms with Crippen LogP contribution in [0.5, 0.6) is 0 Å². The lowest BCUT2D eigenvalue weighted by Crippen LogP contribution is -2.58. The Morgan fingerprint density at radius 1 is 1.19 bits per heavy atom. The molecule has 1 aromatic carbocycles. The number of pyridine rings is 1. The van der Waals surface area contributed by atoms with Gasteiger partial charge >= 0.3 is 0 Å². The molecule has 1 aliphatic carbocycles. The second-order valence-corrected chi connectivity index (χ2v) is 7.70. The van der Waals surface area contributed by atoms with E-state index >= 15 is 0 Å². The molecular weight excluding hydrogens is 352 g/mol. The first-order valence-corrected chi connectivity index (χ1v) is 10.1. The highest BCUT2D eigenvalue weighted by Crippen LogP contribution is 2.41. The molecule has 5 heteroatoms. The second kappa shape index (κ2) is 7.79. The minimum absolute atomic E-state index is 0.252. The Bertz CT molecular complexity index is 920. The lowest BCUT2D eigenvalue weighted by atomic mass is 9.67. The van der Waals surface area contributed by atoms with E-state index in [0.29, 0.717) is 0 Å². The standard InChI is InChI=1S/C22H26N4S/c1-23-21(27)22(19-16-25-20-12-6-8-14-26(19)20)13-7-5-11-18(22)24-15-17-9-3-2-4-10-17/h2-4,6,8-10,12,14,16,18,24H,5,7,11,13,15H2,1H3,(H,23,27). The van der Waals surface area contributed by atoms with Gasteiger partial charge in [-0.3, -0.25) is 0 Å². The zero-order chi connectivity index (χ0) is 18.7. The lowest BCUT2D eigenvalue weighted by Gasteiger charge is -2.44. The fourth-order valence-corrected chi connectivity index (χ4v) is 4.82. The molecule has 0 bridgehead atoms. The Hall–Kier alpha value is -2.24. The van der Waals surface area contributed by atoms with Crippen molar-refractivity contribution in [3.05, 3.63) is 72.2 Å².